The lowest BCUT2D eigenvalue weighted by atomic mass is 10.1. The van der Waals surface area contributed by atoms with Gasteiger partial charge in [-0.2, -0.15) is 11.8 Å². The fourth-order valence-corrected chi connectivity index (χ4v) is 1.54. The first-order valence-electron chi connectivity index (χ1n) is 5.32. The van der Waals surface area contributed by atoms with Crippen LogP contribution in [0.15, 0.2) is 18.2 Å². The Labute approximate surface area is 106 Å². The Morgan fingerprint density at radius 1 is 1.53 bits per heavy atom. The highest BCUT2D eigenvalue weighted by Crippen LogP contribution is 2.18. The van der Waals surface area contributed by atoms with E-state index in [2.05, 4.69) is 12.2 Å². The normalized spacial score (nSPS) is 11.9. The second kappa shape index (κ2) is 6.39. The topological polar surface area (TPSA) is 64.3 Å². The lowest BCUT2D eigenvalue weighted by molar-refractivity contribution is 0.0954. The molecule has 0 saturated heterocycles. The smallest absolute Gasteiger partial charge is 0.251 e. The Hall–Kier alpha value is -1.36. The predicted molar refractivity (Wildman–Crippen MR) is 72.7 cm³/mol. The zero-order chi connectivity index (χ0) is 12.8. The van der Waals surface area contributed by atoms with Gasteiger partial charge in [-0.15, -0.1) is 0 Å². The van der Waals surface area contributed by atoms with Crippen molar-refractivity contribution < 1.29 is 9.53 Å². The fraction of sp³-hybridized carbons (Fsp3) is 0.417. The molecule has 1 aromatic carbocycles. The molecule has 1 amide bonds. The fourth-order valence-electron chi connectivity index (χ4n) is 1.29. The number of hydrogen-bond acceptors (Lipinski definition) is 4. The van der Waals surface area contributed by atoms with Crippen LogP contribution in [0, 0.1) is 0 Å². The molecule has 0 fully saturated rings. The number of amides is 1. The summed E-state index contributed by atoms with van der Waals surface area (Å²) in [6.07, 6.45) is 2.01. The molecule has 17 heavy (non-hydrogen) atoms. The van der Waals surface area contributed by atoms with Gasteiger partial charge >= 0.3 is 0 Å². The van der Waals surface area contributed by atoms with E-state index < -0.39 is 0 Å². The summed E-state index contributed by atoms with van der Waals surface area (Å²) in [5.41, 5.74) is 6.73. The number of benzene rings is 1. The van der Waals surface area contributed by atoms with Gasteiger partial charge in [-0.25, -0.2) is 0 Å². The maximum Gasteiger partial charge on any atom is 0.251 e. The average Bonchev–Trinajstić information content (AvgIpc) is 2.34. The van der Waals surface area contributed by atoms with Crippen LogP contribution >= 0.6 is 11.8 Å². The van der Waals surface area contributed by atoms with E-state index in [1.165, 1.54) is 0 Å². The number of ether oxygens (including phenoxy) is 1. The van der Waals surface area contributed by atoms with E-state index in [0.717, 1.165) is 0 Å². The Balaban J connectivity index is 2.71. The summed E-state index contributed by atoms with van der Waals surface area (Å²) in [4.78, 5) is 11.9. The number of anilines is 1. The molecule has 0 aromatic heterocycles. The monoisotopic (exact) mass is 254 g/mol. The van der Waals surface area contributed by atoms with Crippen molar-refractivity contribution in [3.8, 4) is 5.75 Å². The third kappa shape index (κ3) is 4.19. The van der Waals surface area contributed by atoms with E-state index in [0.29, 0.717) is 28.8 Å². The maximum absolute atomic E-state index is 11.9. The van der Waals surface area contributed by atoms with E-state index in [1.54, 1.807) is 37.1 Å². The van der Waals surface area contributed by atoms with Crippen molar-refractivity contribution in [2.45, 2.75) is 12.2 Å². The molecule has 0 bridgehead atoms. The molecule has 1 atom stereocenters. The summed E-state index contributed by atoms with van der Waals surface area (Å²) < 4.78 is 5.07. The van der Waals surface area contributed by atoms with E-state index >= 15 is 0 Å². The third-order valence-electron chi connectivity index (χ3n) is 2.38. The molecule has 1 aromatic rings. The van der Waals surface area contributed by atoms with Crippen LogP contribution in [-0.4, -0.2) is 31.1 Å². The molecule has 94 valence electrons. The van der Waals surface area contributed by atoms with E-state index in [-0.39, 0.29) is 5.91 Å². The Bertz CT molecular complexity index is 396. The Morgan fingerprint density at radius 3 is 2.82 bits per heavy atom. The van der Waals surface area contributed by atoms with Crippen molar-refractivity contribution in [2.24, 2.45) is 0 Å². The molecule has 1 unspecified atom stereocenters. The zero-order valence-corrected chi connectivity index (χ0v) is 11.1. The second-order valence-electron chi connectivity index (χ2n) is 3.75. The quantitative estimate of drug-likeness (QED) is 0.786. The minimum absolute atomic E-state index is 0.128. The van der Waals surface area contributed by atoms with Crippen LogP contribution in [0.1, 0.15) is 17.3 Å². The van der Waals surface area contributed by atoms with Gasteiger partial charge in [0.1, 0.15) is 5.75 Å². The number of hydrogen-bond donors (Lipinski definition) is 2. The summed E-state index contributed by atoms with van der Waals surface area (Å²) in [7, 11) is 1.55. The molecule has 0 saturated carbocycles. The van der Waals surface area contributed by atoms with Crippen LogP contribution in [0.2, 0.25) is 0 Å². The summed E-state index contributed by atoms with van der Waals surface area (Å²) in [5, 5.41) is 3.25. The summed E-state index contributed by atoms with van der Waals surface area (Å²) in [5.74, 6) is 0.463. The first-order valence-corrected chi connectivity index (χ1v) is 6.61. The largest absolute Gasteiger partial charge is 0.497 e. The molecule has 0 radical (unpaired) electrons. The Kier molecular flexibility index (Phi) is 5.15. The highest BCUT2D eigenvalue weighted by Gasteiger charge is 2.09. The summed E-state index contributed by atoms with van der Waals surface area (Å²) in [6.45, 7) is 2.70. The van der Waals surface area contributed by atoms with E-state index in [1.807, 2.05) is 6.26 Å². The number of nitrogens with two attached hydrogens (primary N) is 1. The highest BCUT2D eigenvalue weighted by molar-refractivity contribution is 7.99. The van der Waals surface area contributed by atoms with Gasteiger partial charge in [0.2, 0.25) is 0 Å². The number of nitrogens with one attached hydrogen (secondary N) is 1. The van der Waals surface area contributed by atoms with Crippen LogP contribution in [0.3, 0.4) is 0 Å². The number of nitrogen functional groups attached to an aromatic ring is 1. The standard InChI is InChI=1S/C12H18N2O2S/c1-8(17-3)7-14-12(15)9-4-10(13)6-11(5-9)16-2/h4-6,8H,7,13H2,1-3H3,(H,14,15). The number of carbonyl (C=O) groups is 1. The van der Waals surface area contributed by atoms with Crippen molar-refractivity contribution in [1.29, 1.82) is 0 Å². The van der Waals surface area contributed by atoms with Gasteiger partial charge in [0.05, 0.1) is 7.11 Å². The first-order chi connectivity index (χ1) is 8.06. The van der Waals surface area contributed by atoms with Gasteiger partial charge in [-0.1, -0.05) is 6.92 Å². The first kappa shape index (κ1) is 13.7. The SMILES string of the molecule is COc1cc(N)cc(C(=O)NCC(C)SC)c1. The molecule has 4 nitrogen and oxygen atoms in total. The average molecular weight is 254 g/mol. The van der Waals surface area contributed by atoms with Crippen LogP contribution < -0.4 is 15.8 Å². The van der Waals surface area contributed by atoms with Crippen LogP contribution in [-0.2, 0) is 0 Å². The van der Waals surface area contributed by atoms with Crippen molar-refractivity contribution >= 4 is 23.4 Å². The van der Waals surface area contributed by atoms with Crippen molar-refractivity contribution in [3.63, 3.8) is 0 Å². The highest BCUT2D eigenvalue weighted by atomic mass is 32.2. The molecule has 0 aliphatic carbocycles. The van der Waals surface area contributed by atoms with Gasteiger partial charge < -0.3 is 15.8 Å². The van der Waals surface area contributed by atoms with Gasteiger partial charge in [0, 0.05) is 29.1 Å². The number of carbonyl (C=O) groups excluding carboxylic acids is 1. The number of thioether (sulfide) groups is 1. The number of rotatable bonds is 5. The lowest BCUT2D eigenvalue weighted by Crippen LogP contribution is -2.29. The second-order valence-corrected chi connectivity index (χ2v) is 5.03. The van der Waals surface area contributed by atoms with Crippen LogP contribution in [0.25, 0.3) is 0 Å². The third-order valence-corrected chi connectivity index (χ3v) is 3.35. The molecule has 0 aliphatic rings. The molecule has 0 spiro atoms. The van der Waals surface area contributed by atoms with Crippen molar-refractivity contribution in [1.82, 2.24) is 5.32 Å². The minimum atomic E-state index is -0.128. The number of methoxy groups -OCH3 is 1. The van der Waals surface area contributed by atoms with Crippen LogP contribution in [0.4, 0.5) is 5.69 Å². The van der Waals surface area contributed by atoms with Crippen LogP contribution in [0.5, 0.6) is 5.75 Å². The van der Waals surface area contributed by atoms with Gasteiger partial charge in [0.25, 0.3) is 5.91 Å². The lowest BCUT2D eigenvalue weighted by Gasteiger charge is -2.11. The van der Waals surface area contributed by atoms with Crippen molar-refractivity contribution in [2.75, 3.05) is 25.6 Å². The maximum atomic E-state index is 11.9. The molecule has 3 N–H and O–H groups in total. The van der Waals surface area contributed by atoms with Crippen molar-refractivity contribution in [3.05, 3.63) is 23.8 Å². The molecule has 0 aliphatic heterocycles. The van der Waals surface area contributed by atoms with Gasteiger partial charge in [-0.3, -0.25) is 4.79 Å². The summed E-state index contributed by atoms with van der Waals surface area (Å²) >= 11 is 1.71. The predicted octanol–water partition coefficient (Wildman–Crippen LogP) is 1.76. The Morgan fingerprint density at radius 2 is 2.24 bits per heavy atom. The molecule has 5 heteroatoms. The molecular formula is C12H18N2O2S. The molecular weight excluding hydrogens is 236 g/mol. The molecule has 0 heterocycles. The molecule has 1 rings (SSSR count). The van der Waals surface area contributed by atoms with Gasteiger partial charge in [-0.05, 0) is 18.4 Å². The summed E-state index contributed by atoms with van der Waals surface area (Å²) in [6, 6.07) is 5.00. The van der Waals surface area contributed by atoms with Gasteiger partial charge in [0.15, 0.2) is 0 Å². The minimum Gasteiger partial charge on any atom is -0.497 e. The zero-order valence-electron chi connectivity index (χ0n) is 10.3. The van der Waals surface area contributed by atoms with E-state index in [4.69, 9.17) is 10.5 Å². The van der Waals surface area contributed by atoms with E-state index in [9.17, 15) is 4.79 Å².